The fourth-order valence-electron chi connectivity index (χ4n) is 1.18. The fourth-order valence-corrected chi connectivity index (χ4v) is 1.18. The van der Waals surface area contributed by atoms with Crippen LogP contribution in [0.3, 0.4) is 0 Å². The molecule has 0 amide bonds. The molecule has 1 aliphatic heterocycles. The second kappa shape index (κ2) is 2.86. The van der Waals surface area contributed by atoms with Crippen LogP contribution in [0.5, 0.6) is 0 Å². The van der Waals surface area contributed by atoms with Crippen molar-refractivity contribution < 1.29 is 0 Å². The fraction of sp³-hybridized carbons (Fsp3) is 0. The zero-order valence-corrected chi connectivity index (χ0v) is 6.90. The number of nitrogens with zero attached hydrogens (tertiary/aromatic N) is 1. The molecule has 0 fully saturated rings. The Morgan fingerprint density at radius 2 is 1.92 bits per heavy atom. The highest BCUT2D eigenvalue weighted by Gasteiger charge is 2.03. The van der Waals surface area contributed by atoms with Crippen molar-refractivity contribution in [1.82, 2.24) is 4.98 Å². The lowest BCUT2D eigenvalue weighted by atomic mass is 10.2. The van der Waals surface area contributed by atoms with Gasteiger partial charge in [-0.2, -0.15) is 0 Å². The average Bonchev–Trinajstić information content (AvgIpc) is 2.31. The summed E-state index contributed by atoms with van der Waals surface area (Å²) in [5, 5.41) is 0. The molecule has 13 heavy (non-hydrogen) atoms. The van der Waals surface area contributed by atoms with E-state index in [1.165, 1.54) is 0 Å². The second-order valence-corrected chi connectivity index (χ2v) is 2.77. The number of anilines is 1. The van der Waals surface area contributed by atoms with Crippen LogP contribution in [0.25, 0.3) is 11.3 Å². The van der Waals surface area contributed by atoms with Crippen LogP contribution in [0.2, 0.25) is 0 Å². The summed E-state index contributed by atoms with van der Waals surface area (Å²) < 4.78 is 0. The third-order valence-corrected chi connectivity index (χ3v) is 1.83. The van der Waals surface area contributed by atoms with Crippen LogP contribution in [0, 0.1) is 0 Å². The highest BCUT2D eigenvalue weighted by Crippen LogP contribution is 2.16. The van der Waals surface area contributed by atoms with Crippen LogP contribution < -0.4 is 11.3 Å². The van der Waals surface area contributed by atoms with Gasteiger partial charge in [0, 0.05) is 5.56 Å². The van der Waals surface area contributed by atoms with Crippen LogP contribution in [-0.2, 0) is 0 Å². The summed E-state index contributed by atoms with van der Waals surface area (Å²) in [6.07, 6.45) is 0. The molecule has 0 saturated carbocycles. The zero-order valence-electron chi connectivity index (χ0n) is 6.90. The van der Waals surface area contributed by atoms with E-state index in [4.69, 9.17) is 5.73 Å². The van der Waals surface area contributed by atoms with Crippen molar-refractivity contribution in [2.24, 2.45) is 0 Å². The Morgan fingerprint density at radius 3 is 2.77 bits per heavy atom. The van der Waals surface area contributed by atoms with Gasteiger partial charge in [0.15, 0.2) is 0 Å². The molecule has 2 N–H and O–H groups in total. The molecule has 0 saturated heterocycles. The van der Waals surface area contributed by atoms with Gasteiger partial charge in [0.05, 0.1) is 5.69 Å². The molecule has 0 spiro atoms. The summed E-state index contributed by atoms with van der Waals surface area (Å²) >= 11 is 0. The molecule has 2 aliphatic rings. The maximum Gasteiger partial charge on any atom is 0.293 e. The molecule has 0 aromatic rings. The van der Waals surface area contributed by atoms with Crippen LogP contribution in [0.4, 0.5) is 5.69 Å². The minimum Gasteiger partial charge on any atom is -0.394 e. The van der Waals surface area contributed by atoms with Crippen molar-refractivity contribution >= 4 is 5.69 Å². The van der Waals surface area contributed by atoms with Crippen LogP contribution in [-0.4, -0.2) is 4.98 Å². The van der Waals surface area contributed by atoms with E-state index in [1.54, 1.807) is 12.1 Å². The quantitative estimate of drug-likeness (QED) is 0.648. The first-order valence-corrected chi connectivity index (χ1v) is 3.93. The first kappa shape index (κ1) is 7.73. The summed E-state index contributed by atoms with van der Waals surface area (Å²) in [6, 6.07) is 10.9. The lowest BCUT2D eigenvalue weighted by molar-refractivity contribution is 1.25. The molecule has 1 aliphatic carbocycles. The van der Waals surface area contributed by atoms with Gasteiger partial charge in [-0.25, -0.2) is 4.98 Å². The van der Waals surface area contributed by atoms with Gasteiger partial charge in [-0.1, -0.05) is 24.3 Å². The maximum atomic E-state index is 11.1. The SMILES string of the molecule is Nc1cc2cccccc-2nc1=O. The molecule has 3 heteroatoms. The molecular formula is C10H8N2O. The molecular weight excluding hydrogens is 164 g/mol. The maximum absolute atomic E-state index is 11.1. The van der Waals surface area contributed by atoms with Crippen molar-refractivity contribution in [2.45, 2.75) is 0 Å². The van der Waals surface area contributed by atoms with Crippen molar-refractivity contribution in [1.29, 1.82) is 0 Å². The zero-order chi connectivity index (χ0) is 9.26. The van der Waals surface area contributed by atoms with E-state index < -0.39 is 0 Å². The Bertz CT molecular complexity index is 468. The summed E-state index contributed by atoms with van der Waals surface area (Å²) in [5.74, 6) is 0. The third kappa shape index (κ3) is 1.36. The summed E-state index contributed by atoms with van der Waals surface area (Å²) in [6.45, 7) is 0. The average molecular weight is 172 g/mol. The molecule has 0 aromatic carbocycles. The highest BCUT2D eigenvalue weighted by atomic mass is 16.1. The van der Waals surface area contributed by atoms with Gasteiger partial charge in [0.2, 0.25) is 0 Å². The molecule has 0 bridgehead atoms. The second-order valence-electron chi connectivity index (χ2n) is 2.77. The van der Waals surface area contributed by atoms with E-state index in [2.05, 4.69) is 4.98 Å². The molecule has 0 aromatic heterocycles. The van der Waals surface area contributed by atoms with Crippen molar-refractivity contribution in [3.05, 3.63) is 46.8 Å². The number of fused-ring (bicyclic) bond motifs is 1. The third-order valence-electron chi connectivity index (χ3n) is 1.83. The standard InChI is InChI=1S/C10H8N2O/c11-8-6-7-4-2-1-3-5-9(7)12-10(8)13/h1-6H,11H2. The van der Waals surface area contributed by atoms with Gasteiger partial charge in [-0.05, 0) is 12.1 Å². The number of rotatable bonds is 0. The number of aromatic nitrogens is 1. The van der Waals surface area contributed by atoms with Crippen LogP contribution >= 0.6 is 0 Å². The summed E-state index contributed by atoms with van der Waals surface area (Å²) in [5.41, 5.74) is 6.83. The van der Waals surface area contributed by atoms with Gasteiger partial charge in [-0.3, -0.25) is 4.79 Å². The van der Waals surface area contributed by atoms with Gasteiger partial charge in [0.25, 0.3) is 5.56 Å². The summed E-state index contributed by atoms with van der Waals surface area (Å²) in [7, 11) is 0. The monoisotopic (exact) mass is 172 g/mol. The molecule has 1 heterocycles. The Labute approximate surface area is 75.2 Å². The van der Waals surface area contributed by atoms with E-state index in [9.17, 15) is 4.79 Å². The molecule has 0 atom stereocenters. The number of hydrogen-bond donors (Lipinski definition) is 1. The number of pyridine rings is 1. The first-order chi connectivity index (χ1) is 6.27. The predicted molar refractivity (Wildman–Crippen MR) is 51.5 cm³/mol. The van der Waals surface area contributed by atoms with Crippen molar-refractivity contribution in [2.75, 3.05) is 5.73 Å². The number of nitrogens with two attached hydrogens (primary N) is 1. The predicted octanol–water partition coefficient (Wildman–Crippen LogP) is 1.13. The van der Waals surface area contributed by atoms with E-state index in [0.29, 0.717) is 5.69 Å². The van der Waals surface area contributed by atoms with Crippen molar-refractivity contribution in [3.8, 4) is 11.3 Å². The molecule has 0 radical (unpaired) electrons. The first-order valence-electron chi connectivity index (χ1n) is 3.93. The lowest BCUT2D eigenvalue weighted by Crippen LogP contribution is -2.12. The van der Waals surface area contributed by atoms with Crippen LogP contribution in [0.15, 0.2) is 41.2 Å². The molecule has 64 valence electrons. The smallest absolute Gasteiger partial charge is 0.293 e. The Hall–Kier alpha value is -1.90. The number of nitrogen functional groups attached to an aromatic ring is 1. The van der Waals surface area contributed by atoms with Gasteiger partial charge in [-0.15, -0.1) is 0 Å². The minimum atomic E-state index is -0.362. The Balaban J connectivity index is 2.85. The molecule has 3 nitrogen and oxygen atoms in total. The Morgan fingerprint density at radius 1 is 1.15 bits per heavy atom. The van der Waals surface area contributed by atoms with Gasteiger partial charge < -0.3 is 5.73 Å². The van der Waals surface area contributed by atoms with Crippen LogP contribution in [0.1, 0.15) is 0 Å². The molecule has 0 unspecified atom stereocenters. The highest BCUT2D eigenvalue weighted by molar-refractivity contribution is 5.64. The minimum absolute atomic E-state index is 0.193. The summed E-state index contributed by atoms with van der Waals surface area (Å²) in [4.78, 5) is 14.9. The van der Waals surface area contributed by atoms with Crippen molar-refractivity contribution in [3.63, 3.8) is 0 Å². The normalized spacial score (nSPS) is 10.2. The van der Waals surface area contributed by atoms with E-state index >= 15 is 0 Å². The van der Waals surface area contributed by atoms with Gasteiger partial charge >= 0.3 is 0 Å². The largest absolute Gasteiger partial charge is 0.394 e. The van der Waals surface area contributed by atoms with Gasteiger partial charge in [0.1, 0.15) is 5.69 Å². The van der Waals surface area contributed by atoms with E-state index in [0.717, 1.165) is 5.56 Å². The lowest BCUT2D eigenvalue weighted by Gasteiger charge is -1.98. The topological polar surface area (TPSA) is 56.0 Å². The van der Waals surface area contributed by atoms with E-state index in [1.807, 2.05) is 24.3 Å². The Kier molecular flexibility index (Phi) is 1.70. The van der Waals surface area contributed by atoms with E-state index in [-0.39, 0.29) is 11.2 Å². The molecule has 2 rings (SSSR count). The number of hydrogen-bond acceptors (Lipinski definition) is 3.